The Kier molecular flexibility index (Phi) is 5.13. The van der Waals surface area contributed by atoms with Gasteiger partial charge in [0.15, 0.2) is 5.82 Å². The van der Waals surface area contributed by atoms with Crippen molar-refractivity contribution in [3.8, 4) is 11.5 Å². The van der Waals surface area contributed by atoms with Crippen LogP contribution in [0.3, 0.4) is 0 Å². The lowest BCUT2D eigenvalue weighted by molar-refractivity contribution is 0.0733. The fourth-order valence-corrected chi connectivity index (χ4v) is 4.66. The number of anilines is 1. The predicted molar refractivity (Wildman–Crippen MR) is 134 cm³/mol. The Balaban J connectivity index is 1.23. The number of carbonyl (C=O) groups excluding carboxylic acids is 1. The summed E-state index contributed by atoms with van der Waals surface area (Å²) in [6.45, 7) is 5.78. The Morgan fingerprint density at radius 1 is 1.14 bits per heavy atom. The van der Waals surface area contributed by atoms with Crippen LogP contribution in [0.25, 0.3) is 22.6 Å². The van der Waals surface area contributed by atoms with Crippen LogP contribution < -0.4 is 5.32 Å². The van der Waals surface area contributed by atoms with Crippen molar-refractivity contribution in [2.24, 2.45) is 0 Å². The lowest BCUT2D eigenvalue weighted by Crippen LogP contribution is -2.36. The molecule has 0 saturated carbocycles. The van der Waals surface area contributed by atoms with Gasteiger partial charge in [0.05, 0.1) is 41.6 Å². The van der Waals surface area contributed by atoms with Gasteiger partial charge in [-0.15, -0.1) is 0 Å². The van der Waals surface area contributed by atoms with Crippen LogP contribution in [0.2, 0.25) is 0 Å². The molecule has 0 radical (unpaired) electrons. The number of amides is 1. The maximum atomic E-state index is 13.5. The number of benzene rings is 2. The molecule has 0 aliphatic carbocycles. The van der Waals surface area contributed by atoms with Crippen molar-refractivity contribution in [2.75, 3.05) is 11.9 Å². The minimum absolute atomic E-state index is 0.0163. The highest BCUT2D eigenvalue weighted by atomic mass is 16.3. The third-order valence-electron chi connectivity index (χ3n) is 6.74. The first-order valence-corrected chi connectivity index (χ1v) is 11.7. The molecular formula is C27H26N6O2. The van der Waals surface area contributed by atoms with E-state index in [9.17, 15) is 4.79 Å². The average Bonchev–Trinajstić information content (AvgIpc) is 3.62. The average molecular weight is 467 g/mol. The Bertz CT molecular complexity index is 1490. The molecule has 4 heterocycles. The number of rotatable bonds is 5. The molecule has 176 valence electrons. The number of aryl methyl sites for hydroxylation is 2. The summed E-state index contributed by atoms with van der Waals surface area (Å²) in [5, 5.41) is 11.0. The smallest absolute Gasteiger partial charge is 0.256 e. The van der Waals surface area contributed by atoms with Crippen LogP contribution in [0.5, 0.6) is 0 Å². The minimum Gasteiger partial charge on any atom is -0.467 e. The van der Waals surface area contributed by atoms with Crippen molar-refractivity contribution in [2.45, 2.75) is 33.4 Å². The van der Waals surface area contributed by atoms with Crippen molar-refractivity contribution in [3.63, 3.8) is 0 Å². The van der Waals surface area contributed by atoms with Gasteiger partial charge in [-0.05, 0) is 67.8 Å². The quantitative estimate of drug-likeness (QED) is 0.339. The molecule has 2 aromatic carbocycles. The summed E-state index contributed by atoms with van der Waals surface area (Å²) in [6, 6.07) is 15.6. The molecule has 8 heteroatoms. The van der Waals surface area contributed by atoms with Gasteiger partial charge < -0.3 is 19.6 Å². The highest BCUT2D eigenvalue weighted by Crippen LogP contribution is 2.30. The van der Waals surface area contributed by atoms with Gasteiger partial charge in [0.1, 0.15) is 11.5 Å². The zero-order valence-electron chi connectivity index (χ0n) is 19.7. The summed E-state index contributed by atoms with van der Waals surface area (Å²) in [5.41, 5.74) is 8.73. The Morgan fingerprint density at radius 3 is 2.86 bits per heavy atom. The van der Waals surface area contributed by atoms with E-state index in [2.05, 4.69) is 46.5 Å². The van der Waals surface area contributed by atoms with Gasteiger partial charge in [0, 0.05) is 17.8 Å². The molecule has 1 aliphatic heterocycles. The summed E-state index contributed by atoms with van der Waals surface area (Å²) in [6.07, 6.45) is 2.36. The standard InChI is InChI=1S/C27H26N6O2/c1-16-12-22-23(13-17(16)2)30-26(29-22)25-19-9-10-33(15-24(19)31-32-25)27(34)20-7-3-4-8-21(20)28-14-18-6-5-11-35-18/h3-8,11-13,28H,9-10,14-15H2,1-2H3,(H,29,30)(H,31,32). The van der Waals surface area contributed by atoms with E-state index in [1.165, 1.54) is 11.1 Å². The Labute approximate surface area is 202 Å². The molecule has 0 atom stereocenters. The molecule has 1 amide bonds. The normalized spacial score (nSPS) is 13.3. The number of imidazole rings is 1. The summed E-state index contributed by atoms with van der Waals surface area (Å²) in [7, 11) is 0. The number of furan rings is 1. The molecule has 5 aromatic rings. The molecule has 0 fully saturated rings. The monoisotopic (exact) mass is 466 g/mol. The second-order valence-corrected chi connectivity index (χ2v) is 9.02. The Hall–Kier alpha value is -4.33. The van der Waals surface area contributed by atoms with Gasteiger partial charge in [-0.25, -0.2) is 4.98 Å². The number of nitrogens with one attached hydrogen (secondary N) is 3. The molecular weight excluding hydrogens is 440 g/mol. The zero-order valence-corrected chi connectivity index (χ0v) is 19.7. The van der Waals surface area contributed by atoms with Gasteiger partial charge in [0.2, 0.25) is 0 Å². The number of hydrogen-bond acceptors (Lipinski definition) is 5. The number of nitrogens with zero attached hydrogens (tertiary/aromatic N) is 3. The third-order valence-corrected chi connectivity index (χ3v) is 6.74. The van der Waals surface area contributed by atoms with Crippen LogP contribution in [0.1, 0.15) is 38.5 Å². The first-order valence-electron chi connectivity index (χ1n) is 11.7. The van der Waals surface area contributed by atoms with E-state index in [1.54, 1.807) is 6.26 Å². The number of fused-ring (bicyclic) bond motifs is 2. The highest BCUT2D eigenvalue weighted by molar-refractivity contribution is 5.99. The second kappa shape index (κ2) is 8.47. The largest absolute Gasteiger partial charge is 0.467 e. The lowest BCUT2D eigenvalue weighted by atomic mass is 10.0. The molecule has 6 rings (SSSR count). The van der Waals surface area contributed by atoms with Gasteiger partial charge >= 0.3 is 0 Å². The van der Waals surface area contributed by atoms with Crippen LogP contribution in [-0.2, 0) is 19.5 Å². The van der Waals surface area contributed by atoms with Crippen LogP contribution in [0.15, 0.2) is 59.2 Å². The molecule has 1 aliphatic rings. The van der Waals surface area contributed by atoms with Gasteiger partial charge in [-0.2, -0.15) is 5.10 Å². The van der Waals surface area contributed by atoms with Crippen molar-refractivity contribution < 1.29 is 9.21 Å². The predicted octanol–water partition coefficient (Wildman–Crippen LogP) is 4.97. The fraction of sp³-hybridized carbons (Fsp3) is 0.222. The van der Waals surface area contributed by atoms with Crippen LogP contribution in [0.4, 0.5) is 5.69 Å². The topological polar surface area (TPSA) is 103 Å². The van der Waals surface area contributed by atoms with Crippen molar-refractivity contribution in [1.82, 2.24) is 25.1 Å². The fourth-order valence-electron chi connectivity index (χ4n) is 4.66. The number of hydrogen-bond donors (Lipinski definition) is 3. The molecule has 35 heavy (non-hydrogen) atoms. The van der Waals surface area contributed by atoms with E-state index < -0.39 is 0 Å². The maximum absolute atomic E-state index is 13.5. The third kappa shape index (κ3) is 3.86. The first-order chi connectivity index (χ1) is 17.1. The number of H-pyrrole nitrogens is 2. The highest BCUT2D eigenvalue weighted by Gasteiger charge is 2.28. The van der Waals surface area contributed by atoms with Crippen LogP contribution >= 0.6 is 0 Å². The van der Waals surface area contributed by atoms with E-state index in [0.29, 0.717) is 31.6 Å². The summed E-state index contributed by atoms with van der Waals surface area (Å²) in [5.74, 6) is 1.58. The number of para-hydroxylation sites is 1. The summed E-state index contributed by atoms with van der Waals surface area (Å²) >= 11 is 0. The van der Waals surface area contributed by atoms with E-state index in [1.807, 2.05) is 41.3 Å². The Morgan fingerprint density at radius 2 is 2.00 bits per heavy atom. The molecule has 0 spiro atoms. The second-order valence-electron chi connectivity index (χ2n) is 9.02. The van der Waals surface area contributed by atoms with Gasteiger partial charge in [0.25, 0.3) is 5.91 Å². The number of carbonyl (C=O) groups is 1. The molecule has 3 N–H and O–H groups in total. The SMILES string of the molecule is Cc1cc2nc(-c3[nH]nc4c3CCN(C(=O)c3ccccc3NCc3ccco3)C4)[nH]c2cc1C. The number of aromatic amines is 2. The maximum Gasteiger partial charge on any atom is 0.256 e. The van der Waals surface area contributed by atoms with E-state index in [4.69, 9.17) is 9.40 Å². The zero-order chi connectivity index (χ0) is 23.9. The molecule has 3 aromatic heterocycles. The molecule has 8 nitrogen and oxygen atoms in total. The lowest BCUT2D eigenvalue weighted by Gasteiger charge is -2.27. The van der Waals surface area contributed by atoms with Crippen LogP contribution in [-0.4, -0.2) is 37.5 Å². The molecule has 0 saturated heterocycles. The van der Waals surface area contributed by atoms with Crippen molar-refractivity contribution in [1.29, 1.82) is 0 Å². The first kappa shape index (κ1) is 21.2. The van der Waals surface area contributed by atoms with E-state index >= 15 is 0 Å². The summed E-state index contributed by atoms with van der Waals surface area (Å²) in [4.78, 5) is 23.5. The molecule has 0 bridgehead atoms. The number of aromatic nitrogens is 4. The van der Waals surface area contributed by atoms with E-state index in [-0.39, 0.29) is 5.91 Å². The minimum atomic E-state index is -0.0163. The summed E-state index contributed by atoms with van der Waals surface area (Å²) < 4.78 is 5.40. The van der Waals surface area contributed by atoms with Gasteiger partial charge in [-0.3, -0.25) is 9.89 Å². The van der Waals surface area contributed by atoms with Crippen LogP contribution in [0, 0.1) is 13.8 Å². The van der Waals surface area contributed by atoms with Crippen molar-refractivity contribution >= 4 is 22.6 Å². The van der Waals surface area contributed by atoms with Crippen molar-refractivity contribution in [3.05, 3.63) is 88.5 Å². The molecule has 0 unspecified atom stereocenters. The van der Waals surface area contributed by atoms with Gasteiger partial charge in [-0.1, -0.05) is 12.1 Å². The van der Waals surface area contributed by atoms with E-state index in [0.717, 1.165) is 45.3 Å².